The molecule has 1 aromatic rings. The maximum Gasteiger partial charge on any atom is 0.119 e. The second-order valence-corrected chi connectivity index (χ2v) is 5.20. The van der Waals surface area contributed by atoms with Gasteiger partial charge < -0.3 is 10.5 Å². The molecule has 0 amide bonds. The van der Waals surface area contributed by atoms with Crippen LogP contribution >= 0.6 is 0 Å². The molecule has 2 aliphatic rings. The van der Waals surface area contributed by atoms with Crippen molar-refractivity contribution in [3.63, 3.8) is 0 Å². The lowest BCUT2D eigenvalue weighted by molar-refractivity contribution is -0.0620. The van der Waals surface area contributed by atoms with E-state index in [1.165, 1.54) is 25.7 Å². The molecule has 3 rings (SSSR count). The zero-order chi connectivity index (χ0) is 11.0. The van der Waals surface area contributed by atoms with Crippen molar-refractivity contribution in [2.24, 2.45) is 11.1 Å². The highest BCUT2D eigenvalue weighted by Gasteiger charge is 2.55. The van der Waals surface area contributed by atoms with Crippen molar-refractivity contribution in [2.75, 3.05) is 0 Å². The van der Waals surface area contributed by atoms with E-state index in [4.69, 9.17) is 10.5 Å². The normalized spacial score (nSPS) is 31.3. The van der Waals surface area contributed by atoms with E-state index in [1.807, 2.05) is 30.3 Å². The Morgan fingerprint density at radius 3 is 2.44 bits per heavy atom. The lowest BCUT2D eigenvalue weighted by Crippen LogP contribution is -2.62. The van der Waals surface area contributed by atoms with Gasteiger partial charge in [-0.05, 0) is 25.0 Å². The van der Waals surface area contributed by atoms with Crippen molar-refractivity contribution in [3.8, 4) is 5.75 Å². The van der Waals surface area contributed by atoms with E-state index in [1.54, 1.807) is 0 Å². The summed E-state index contributed by atoms with van der Waals surface area (Å²) < 4.78 is 6.08. The Kier molecular flexibility index (Phi) is 2.40. The van der Waals surface area contributed by atoms with Gasteiger partial charge in [0.25, 0.3) is 0 Å². The van der Waals surface area contributed by atoms with E-state index >= 15 is 0 Å². The first-order chi connectivity index (χ1) is 7.81. The van der Waals surface area contributed by atoms with Crippen molar-refractivity contribution >= 4 is 0 Å². The van der Waals surface area contributed by atoms with E-state index in [-0.39, 0.29) is 0 Å². The summed E-state index contributed by atoms with van der Waals surface area (Å²) in [7, 11) is 0. The number of rotatable bonds is 2. The SMILES string of the molecule is NC1CC(Oc2ccccc2)C12CCCC2. The predicted molar refractivity (Wildman–Crippen MR) is 64.4 cm³/mol. The molecule has 2 N–H and O–H groups in total. The molecule has 0 heterocycles. The van der Waals surface area contributed by atoms with Crippen LogP contribution in [0.4, 0.5) is 0 Å². The summed E-state index contributed by atoms with van der Waals surface area (Å²) >= 11 is 0. The highest BCUT2D eigenvalue weighted by molar-refractivity contribution is 5.23. The second kappa shape index (κ2) is 3.77. The first-order valence-corrected chi connectivity index (χ1v) is 6.28. The van der Waals surface area contributed by atoms with Gasteiger partial charge in [0, 0.05) is 17.9 Å². The van der Waals surface area contributed by atoms with E-state index in [2.05, 4.69) is 0 Å². The number of para-hydroxylation sites is 1. The van der Waals surface area contributed by atoms with Gasteiger partial charge >= 0.3 is 0 Å². The molecule has 2 saturated carbocycles. The third-order valence-electron chi connectivity index (χ3n) is 4.40. The number of hydrogen-bond donors (Lipinski definition) is 1. The van der Waals surface area contributed by atoms with E-state index in [0.29, 0.717) is 17.6 Å². The third-order valence-corrected chi connectivity index (χ3v) is 4.40. The minimum Gasteiger partial charge on any atom is -0.490 e. The Balaban J connectivity index is 1.73. The highest BCUT2D eigenvalue weighted by atomic mass is 16.5. The van der Waals surface area contributed by atoms with Crippen LogP contribution < -0.4 is 10.5 Å². The van der Waals surface area contributed by atoms with E-state index in [0.717, 1.165) is 12.2 Å². The standard InChI is InChI=1S/C14H19NO/c15-12-10-13(14(12)8-4-5-9-14)16-11-6-2-1-3-7-11/h1-3,6-7,12-13H,4-5,8-10,15H2. The van der Waals surface area contributed by atoms with Crippen LogP contribution in [0.15, 0.2) is 30.3 Å². The molecule has 0 aliphatic heterocycles. The van der Waals surface area contributed by atoms with Crippen LogP contribution in [0.1, 0.15) is 32.1 Å². The molecule has 1 aromatic carbocycles. The topological polar surface area (TPSA) is 35.2 Å². The van der Waals surface area contributed by atoms with Crippen LogP contribution in [-0.2, 0) is 0 Å². The molecular formula is C14H19NO. The summed E-state index contributed by atoms with van der Waals surface area (Å²) in [5.41, 5.74) is 6.48. The van der Waals surface area contributed by atoms with Crippen molar-refractivity contribution in [1.82, 2.24) is 0 Å². The fourth-order valence-corrected chi connectivity index (χ4v) is 3.33. The molecule has 0 aromatic heterocycles. The quantitative estimate of drug-likeness (QED) is 0.826. The van der Waals surface area contributed by atoms with Gasteiger partial charge in [-0.2, -0.15) is 0 Å². The Morgan fingerprint density at radius 2 is 1.81 bits per heavy atom. The van der Waals surface area contributed by atoms with Crippen molar-refractivity contribution < 1.29 is 4.74 Å². The maximum atomic E-state index is 6.18. The molecule has 0 radical (unpaired) electrons. The number of hydrogen-bond acceptors (Lipinski definition) is 2. The largest absolute Gasteiger partial charge is 0.490 e. The summed E-state index contributed by atoms with van der Waals surface area (Å²) in [4.78, 5) is 0. The minimum absolute atomic E-state index is 0.301. The number of nitrogens with two attached hydrogens (primary N) is 1. The third kappa shape index (κ3) is 1.44. The molecule has 86 valence electrons. The monoisotopic (exact) mass is 217 g/mol. The van der Waals surface area contributed by atoms with Gasteiger partial charge in [0.15, 0.2) is 0 Å². The first kappa shape index (κ1) is 10.2. The molecule has 2 fully saturated rings. The van der Waals surface area contributed by atoms with Gasteiger partial charge in [-0.15, -0.1) is 0 Å². The summed E-state index contributed by atoms with van der Waals surface area (Å²) in [6, 6.07) is 10.5. The Morgan fingerprint density at radius 1 is 1.12 bits per heavy atom. The van der Waals surface area contributed by atoms with Gasteiger partial charge in [-0.25, -0.2) is 0 Å². The molecule has 2 heteroatoms. The Bertz CT molecular complexity index is 356. The van der Waals surface area contributed by atoms with E-state index < -0.39 is 0 Å². The van der Waals surface area contributed by atoms with Crippen LogP contribution in [0.2, 0.25) is 0 Å². The van der Waals surface area contributed by atoms with Crippen LogP contribution in [0.25, 0.3) is 0 Å². The minimum atomic E-state index is 0.301. The van der Waals surface area contributed by atoms with Crippen LogP contribution in [-0.4, -0.2) is 12.1 Å². The summed E-state index contributed by atoms with van der Waals surface area (Å²) in [5.74, 6) is 0.991. The average molecular weight is 217 g/mol. The Hall–Kier alpha value is -1.02. The first-order valence-electron chi connectivity index (χ1n) is 6.28. The summed E-state index contributed by atoms with van der Waals surface area (Å²) in [5, 5.41) is 0. The van der Waals surface area contributed by atoms with Gasteiger partial charge in [0.2, 0.25) is 0 Å². The van der Waals surface area contributed by atoms with Gasteiger partial charge in [-0.1, -0.05) is 31.0 Å². The fraction of sp³-hybridized carbons (Fsp3) is 0.571. The van der Waals surface area contributed by atoms with Crippen LogP contribution in [0.3, 0.4) is 0 Å². The molecule has 2 aliphatic carbocycles. The molecule has 16 heavy (non-hydrogen) atoms. The van der Waals surface area contributed by atoms with Crippen molar-refractivity contribution in [2.45, 2.75) is 44.2 Å². The molecule has 2 atom stereocenters. The Labute approximate surface area is 96.8 Å². The van der Waals surface area contributed by atoms with Crippen molar-refractivity contribution in [3.05, 3.63) is 30.3 Å². The zero-order valence-electron chi connectivity index (χ0n) is 9.56. The highest BCUT2D eigenvalue weighted by Crippen LogP contribution is 2.53. The number of ether oxygens (including phenoxy) is 1. The lowest BCUT2D eigenvalue weighted by atomic mass is 9.61. The van der Waals surface area contributed by atoms with Gasteiger partial charge in [0.1, 0.15) is 11.9 Å². The molecule has 0 bridgehead atoms. The van der Waals surface area contributed by atoms with Gasteiger partial charge in [0.05, 0.1) is 0 Å². The molecule has 2 unspecified atom stereocenters. The average Bonchev–Trinajstić information content (AvgIpc) is 2.82. The zero-order valence-corrected chi connectivity index (χ0v) is 9.56. The summed E-state index contributed by atoms with van der Waals surface area (Å²) in [6.07, 6.45) is 6.53. The molecule has 2 nitrogen and oxygen atoms in total. The lowest BCUT2D eigenvalue weighted by Gasteiger charge is -2.52. The fourth-order valence-electron chi connectivity index (χ4n) is 3.33. The number of benzene rings is 1. The smallest absolute Gasteiger partial charge is 0.119 e. The molecular weight excluding hydrogens is 198 g/mol. The van der Waals surface area contributed by atoms with Crippen LogP contribution in [0, 0.1) is 5.41 Å². The van der Waals surface area contributed by atoms with Crippen LogP contribution in [0.5, 0.6) is 5.75 Å². The van der Waals surface area contributed by atoms with Crippen molar-refractivity contribution in [1.29, 1.82) is 0 Å². The maximum absolute atomic E-state index is 6.18. The second-order valence-electron chi connectivity index (χ2n) is 5.20. The summed E-state index contributed by atoms with van der Waals surface area (Å²) in [6.45, 7) is 0. The molecule has 0 saturated heterocycles. The molecule has 1 spiro atoms. The van der Waals surface area contributed by atoms with E-state index in [9.17, 15) is 0 Å². The predicted octanol–water partition coefficient (Wildman–Crippen LogP) is 2.73. The van der Waals surface area contributed by atoms with Gasteiger partial charge in [-0.3, -0.25) is 0 Å².